The maximum Gasteiger partial charge on any atom is 0.238 e. The molecular weight excluding hydrogens is 392 g/mol. The zero-order valence-corrected chi connectivity index (χ0v) is 17.6. The predicted octanol–water partition coefficient (Wildman–Crippen LogP) is 4.50. The first kappa shape index (κ1) is 20.4. The number of pyridine rings is 1. The predicted molar refractivity (Wildman–Crippen MR) is 124 cm³/mol. The third-order valence-corrected chi connectivity index (χ3v) is 6.03. The summed E-state index contributed by atoms with van der Waals surface area (Å²) in [6.07, 6.45) is 2.85. The number of amides is 1. The van der Waals surface area contributed by atoms with Crippen molar-refractivity contribution in [1.82, 2.24) is 9.88 Å². The van der Waals surface area contributed by atoms with Crippen LogP contribution in [0.4, 0.5) is 11.4 Å². The summed E-state index contributed by atoms with van der Waals surface area (Å²) in [4.78, 5) is 19.1. The second kappa shape index (κ2) is 10.3. The third-order valence-electron chi connectivity index (χ3n) is 5.02. The van der Waals surface area contributed by atoms with Gasteiger partial charge in [0.2, 0.25) is 5.91 Å². The van der Waals surface area contributed by atoms with E-state index in [4.69, 9.17) is 0 Å². The van der Waals surface area contributed by atoms with Crippen molar-refractivity contribution in [2.75, 3.05) is 30.3 Å². The zero-order chi connectivity index (χ0) is 20.6. The van der Waals surface area contributed by atoms with E-state index in [2.05, 4.69) is 38.7 Å². The van der Waals surface area contributed by atoms with Gasteiger partial charge in [0, 0.05) is 42.5 Å². The van der Waals surface area contributed by atoms with Gasteiger partial charge in [0.25, 0.3) is 0 Å². The summed E-state index contributed by atoms with van der Waals surface area (Å²) in [7, 11) is 0. The highest BCUT2D eigenvalue weighted by atomic mass is 32.2. The lowest BCUT2D eigenvalue weighted by Crippen LogP contribution is -2.33. The maximum absolute atomic E-state index is 12.5. The summed E-state index contributed by atoms with van der Waals surface area (Å²) >= 11 is 1.69. The van der Waals surface area contributed by atoms with Crippen LogP contribution in [-0.2, 0) is 10.5 Å². The molecule has 0 spiro atoms. The zero-order valence-electron chi connectivity index (χ0n) is 16.8. The minimum absolute atomic E-state index is 0.0323. The van der Waals surface area contributed by atoms with Crippen molar-refractivity contribution in [1.29, 1.82) is 0 Å². The fourth-order valence-electron chi connectivity index (χ4n) is 3.60. The van der Waals surface area contributed by atoms with E-state index in [-0.39, 0.29) is 5.91 Å². The van der Waals surface area contributed by atoms with Gasteiger partial charge in [0.1, 0.15) is 0 Å². The number of likely N-dealkylation sites (tertiary alicyclic amines) is 1. The lowest BCUT2D eigenvalue weighted by molar-refractivity contribution is -0.117. The van der Waals surface area contributed by atoms with Gasteiger partial charge in [0.05, 0.1) is 11.6 Å². The van der Waals surface area contributed by atoms with Crippen LogP contribution in [0.2, 0.25) is 0 Å². The molecule has 0 saturated carbocycles. The molecule has 1 aliphatic rings. The van der Waals surface area contributed by atoms with Crippen LogP contribution in [0.3, 0.4) is 0 Å². The first-order valence-corrected chi connectivity index (χ1v) is 11.2. The van der Waals surface area contributed by atoms with Crippen molar-refractivity contribution < 1.29 is 4.79 Å². The Morgan fingerprint density at radius 2 is 1.87 bits per heavy atom. The molecule has 2 heterocycles. The van der Waals surface area contributed by atoms with Crippen LogP contribution in [0.1, 0.15) is 12.0 Å². The van der Waals surface area contributed by atoms with E-state index >= 15 is 0 Å². The molecule has 1 aromatic heterocycles. The van der Waals surface area contributed by atoms with Crippen LogP contribution >= 0.6 is 11.8 Å². The molecule has 2 N–H and O–H groups in total. The normalized spacial score (nSPS) is 16.3. The number of para-hydroxylation sites is 1. The highest BCUT2D eigenvalue weighted by molar-refractivity contribution is 7.98. The van der Waals surface area contributed by atoms with Gasteiger partial charge in [-0.15, -0.1) is 11.8 Å². The average Bonchev–Trinajstić information content (AvgIpc) is 3.20. The smallest absolute Gasteiger partial charge is 0.238 e. The number of carbonyl (C=O) groups excluding carboxylic acids is 1. The van der Waals surface area contributed by atoms with Crippen molar-refractivity contribution >= 4 is 29.0 Å². The largest absolute Gasteiger partial charge is 0.381 e. The van der Waals surface area contributed by atoms with Gasteiger partial charge >= 0.3 is 0 Å². The number of benzene rings is 2. The Labute approximate surface area is 181 Å². The quantitative estimate of drug-likeness (QED) is 0.528. The van der Waals surface area contributed by atoms with Crippen LogP contribution in [0, 0.1) is 0 Å². The first-order chi connectivity index (χ1) is 14.7. The molecule has 1 fully saturated rings. The Morgan fingerprint density at radius 3 is 2.70 bits per heavy atom. The van der Waals surface area contributed by atoms with E-state index in [0.717, 1.165) is 47.2 Å². The van der Waals surface area contributed by atoms with Gasteiger partial charge in [-0.3, -0.25) is 9.69 Å². The lowest BCUT2D eigenvalue weighted by Gasteiger charge is -2.17. The molecule has 1 saturated heterocycles. The molecule has 1 atom stereocenters. The molecule has 0 aliphatic carbocycles. The number of thioether (sulfide) groups is 1. The van der Waals surface area contributed by atoms with Crippen LogP contribution in [-0.4, -0.2) is 41.5 Å². The van der Waals surface area contributed by atoms with E-state index in [0.29, 0.717) is 12.6 Å². The minimum atomic E-state index is 0.0323. The molecule has 4 rings (SSSR count). The van der Waals surface area contributed by atoms with Crippen molar-refractivity contribution in [3.05, 3.63) is 84.6 Å². The fourth-order valence-corrected chi connectivity index (χ4v) is 4.40. The van der Waals surface area contributed by atoms with Crippen LogP contribution < -0.4 is 10.6 Å². The Morgan fingerprint density at radius 1 is 1.03 bits per heavy atom. The molecule has 1 aliphatic heterocycles. The molecule has 30 heavy (non-hydrogen) atoms. The van der Waals surface area contributed by atoms with E-state index < -0.39 is 0 Å². The van der Waals surface area contributed by atoms with Gasteiger partial charge in [-0.25, -0.2) is 4.98 Å². The highest BCUT2D eigenvalue weighted by Crippen LogP contribution is 2.22. The Kier molecular flexibility index (Phi) is 7.00. The SMILES string of the molecule is O=C(CN1CCC(Nc2ccccc2)C1)Nc1cccc(CSc2ccccn2)c1. The Balaban J connectivity index is 1.24. The molecule has 0 bridgehead atoms. The Hall–Kier alpha value is -2.83. The van der Waals surface area contributed by atoms with Crippen molar-refractivity contribution in [2.45, 2.75) is 23.2 Å². The van der Waals surface area contributed by atoms with Gasteiger partial charge in [0.15, 0.2) is 0 Å². The van der Waals surface area contributed by atoms with E-state index in [1.165, 1.54) is 0 Å². The summed E-state index contributed by atoms with van der Waals surface area (Å²) in [5.74, 6) is 0.851. The van der Waals surface area contributed by atoms with E-state index in [1.807, 2.05) is 54.6 Å². The highest BCUT2D eigenvalue weighted by Gasteiger charge is 2.23. The molecule has 6 heteroatoms. The lowest BCUT2D eigenvalue weighted by atomic mass is 10.2. The number of nitrogens with one attached hydrogen (secondary N) is 2. The molecule has 0 radical (unpaired) electrons. The number of anilines is 2. The molecule has 154 valence electrons. The van der Waals surface area contributed by atoms with Crippen molar-refractivity contribution in [2.24, 2.45) is 0 Å². The van der Waals surface area contributed by atoms with Crippen LogP contribution in [0.25, 0.3) is 0 Å². The van der Waals surface area contributed by atoms with Gasteiger partial charge in [-0.1, -0.05) is 36.4 Å². The maximum atomic E-state index is 12.5. The second-order valence-corrected chi connectivity index (χ2v) is 8.43. The number of rotatable bonds is 8. The number of carbonyl (C=O) groups is 1. The minimum Gasteiger partial charge on any atom is -0.381 e. The number of aromatic nitrogens is 1. The van der Waals surface area contributed by atoms with Crippen LogP contribution in [0.15, 0.2) is 84.0 Å². The fraction of sp³-hybridized carbons (Fsp3) is 0.250. The molecule has 3 aromatic rings. The summed E-state index contributed by atoms with van der Waals surface area (Å²) < 4.78 is 0. The van der Waals surface area contributed by atoms with Crippen molar-refractivity contribution in [3.63, 3.8) is 0 Å². The van der Waals surface area contributed by atoms with E-state index in [9.17, 15) is 4.79 Å². The van der Waals surface area contributed by atoms with Gasteiger partial charge < -0.3 is 10.6 Å². The number of hydrogen-bond acceptors (Lipinski definition) is 5. The summed E-state index contributed by atoms with van der Waals surface area (Å²) in [5.41, 5.74) is 3.14. The summed E-state index contributed by atoms with van der Waals surface area (Å²) in [6, 6.07) is 24.6. The van der Waals surface area contributed by atoms with Gasteiger partial charge in [-0.2, -0.15) is 0 Å². The van der Waals surface area contributed by atoms with E-state index in [1.54, 1.807) is 18.0 Å². The third kappa shape index (κ3) is 6.08. The first-order valence-electron chi connectivity index (χ1n) is 10.2. The number of nitrogens with zero attached hydrogens (tertiary/aromatic N) is 2. The monoisotopic (exact) mass is 418 g/mol. The van der Waals surface area contributed by atoms with Gasteiger partial charge in [-0.05, 0) is 48.4 Å². The topological polar surface area (TPSA) is 57.3 Å². The molecule has 1 amide bonds. The van der Waals surface area contributed by atoms with Crippen LogP contribution in [0.5, 0.6) is 0 Å². The molecule has 2 aromatic carbocycles. The van der Waals surface area contributed by atoms with Crippen molar-refractivity contribution in [3.8, 4) is 0 Å². The second-order valence-electron chi connectivity index (χ2n) is 7.44. The summed E-state index contributed by atoms with van der Waals surface area (Å²) in [5, 5.41) is 7.59. The standard InChI is InChI=1S/C24H26N4OS/c29-23(17-28-14-12-22(16-28)26-20-8-2-1-3-9-20)27-21-10-6-7-19(15-21)18-30-24-11-4-5-13-25-24/h1-11,13,15,22,26H,12,14,16-18H2,(H,27,29). The average molecular weight is 419 g/mol. The molecule has 1 unspecified atom stereocenters. The number of hydrogen-bond donors (Lipinski definition) is 2. The molecule has 5 nitrogen and oxygen atoms in total. The Bertz CT molecular complexity index is 952. The summed E-state index contributed by atoms with van der Waals surface area (Å²) in [6.45, 7) is 2.22. The molecular formula is C24H26N4OS.